The minimum atomic E-state index is -0.531. The molecule has 29 heavy (non-hydrogen) atoms. The van der Waals surface area contributed by atoms with E-state index in [0.29, 0.717) is 38.5 Å². The molecule has 0 saturated carbocycles. The number of nitrogens with one attached hydrogen (secondary N) is 1. The summed E-state index contributed by atoms with van der Waals surface area (Å²) in [5.41, 5.74) is 1.00. The number of carbonyl (C=O) groups excluding carboxylic acids is 2. The maximum atomic E-state index is 12.9. The molecule has 1 atom stereocenters. The molecule has 0 fully saturated rings. The van der Waals surface area contributed by atoms with E-state index in [4.69, 9.17) is 4.74 Å². The highest BCUT2D eigenvalue weighted by Crippen LogP contribution is 2.13. The van der Waals surface area contributed by atoms with Gasteiger partial charge in [0.05, 0.1) is 6.61 Å². The van der Waals surface area contributed by atoms with E-state index in [1.54, 1.807) is 11.8 Å². The van der Waals surface area contributed by atoms with E-state index >= 15 is 0 Å². The van der Waals surface area contributed by atoms with Gasteiger partial charge in [-0.15, -0.1) is 0 Å². The van der Waals surface area contributed by atoms with E-state index in [9.17, 15) is 9.59 Å². The summed E-state index contributed by atoms with van der Waals surface area (Å²) in [6, 6.07) is 18.8. The van der Waals surface area contributed by atoms with Gasteiger partial charge in [-0.3, -0.25) is 9.59 Å². The zero-order valence-corrected chi connectivity index (χ0v) is 17.6. The molecule has 0 spiro atoms. The van der Waals surface area contributed by atoms with Gasteiger partial charge < -0.3 is 15.0 Å². The van der Waals surface area contributed by atoms with Crippen molar-refractivity contribution in [2.24, 2.45) is 5.92 Å². The monoisotopic (exact) mass is 396 g/mol. The third kappa shape index (κ3) is 7.98. The number of nitrogens with zero attached hydrogens (tertiary/aromatic N) is 1. The average molecular weight is 397 g/mol. The van der Waals surface area contributed by atoms with E-state index in [1.807, 2.05) is 74.5 Å². The summed E-state index contributed by atoms with van der Waals surface area (Å²) in [6.07, 6.45) is 0.931. The molecular weight excluding hydrogens is 364 g/mol. The highest BCUT2D eigenvalue weighted by molar-refractivity contribution is 5.87. The van der Waals surface area contributed by atoms with Crippen molar-refractivity contribution in [3.63, 3.8) is 0 Å². The van der Waals surface area contributed by atoms with E-state index < -0.39 is 6.04 Å². The standard InChI is InChI=1S/C24H32N2O3/c1-19(2)17-25-24(28)20(3)26(18-21-11-6-4-7-12-21)23(27)15-10-16-29-22-13-8-5-9-14-22/h4-9,11-14,19-20H,10,15-18H2,1-3H3,(H,25,28)/t20-/m0/s1. The van der Waals surface area contributed by atoms with Crippen LogP contribution in [0.25, 0.3) is 0 Å². The number of carbonyl (C=O) groups is 2. The Kier molecular flexibility index (Phi) is 9.22. The number of benzene rings is 2. The molecule has 0 saturated heterocycles. The van der Waals surface area contributed by atoms with Gasteiger partial charge in [-0.1, -0.05) is 62.4 Å². The largest absolute Gasteiger partial charge is 0.494 e. The molecule has 0 aliphatic rings. The summed E-state index contributed by atoms with van der Waals surface area (Å²) in [4.78, 5) is 27.2. The first-order chi connectivity index (χ1) is 14.0. The molecular formula is C24H32N2O3. The molecule has 0 radical (unpaired) electrons. The van der Waals surface area contributed by atoms with Crippen molar-refractivity contribution >= 4 is 11.8 Å². The fraction of sp³-hybridized carbons (Fsp3) is 0.417. The molecule has 5 heteroatoms. The number of para-hydroxylation sites is 1. The van der Waals surface area contributed by atoms with Crippen LogP contribution in [0.15, 0.2) is 60.7 Å². The summed E-state index contributed by atoms with van der Waals surface area (Å²) in [5.74, 6) is 0.989. The zero-order valence-electron chi connectivity index (χ0n) is 17.6. The van der Waals surface area contributed by atoms with E-state index in [1.165, 1.54) is 0 Å². The number of hydrogen-bond acceptors (Lipinski definition) is 3. The second-order valence-electron chi connectivity index (χ2n) is 7.59. The molecule has 2 rings (SSSR count). The average Bonchev–Trinajstić information content (AvgIpc) is 2.74. The number of rotatable bonds is 11. The molecule has 2 aromatic rings. The quantitative estimate of drug-likeness (QED) is 0.583. The topological polar surface area (TPSA) is 58.6 Å². The first-order valence-corrected chi connectivity index (χ1v) is 10.3. The van der Waals surface area contributed by atoms with Gasteiger partial charge in [0.15, 0.2) is 0 Å². The molecule has 2 aromatic carbocycles. The van der Waals surface area contributed by atoms with Crippen molar-refractivity contribution in [3.05, 3.63) is 66.2 Å². The number of amides is 2. The molecule has 0 aliphatic carbocycles. The van der Waals surface area contributed by atoms with Crippen LogP contribution >= 0.6 is 0 Å². The summed E-state index contributed by atoms with van der Waals surface area (Å²) >= 11 is 0. The lowest BCUT2D eigenvalue weighted by atomic mass is 10.1. The Labute approximate surface area is 174 Å². The van der Waals surface area contributed by atoms with Gasteiger partial charge in [0.2, 0.25) is 11.8 Å². The predicted molar refractivity (Wildman–Crippen MR) is 115 cm³/mol. The number of ether oxygens (including phenoxy) is 1. The summed E-state index contributed by atoms with van der Waals surface area (Å²) in [6.45, 7) is 7.35. The Bertz CT molecular complexity index is 747. The second kappa shape index (κ2) is 11.9. The van der Waals surface area contributed by atoms with Gasteiger partial charge in [-0.25, -0.2) is 0 Å². The van der Waals surface area contributed by atoms with Gasteiger partial charge in [-0.2, -0.15) is 0 Å². The van der Waals surface area contributed by atoms with Crippen molar-refractivity contribution in [2.75, 3.05) is 13.2 Å². The molecule has 0 aliphatic heterocycles. The van der Waals surface area contributed by atoms with E-state index in [2.05, 4.69) is 5.32 Å². The summed E-state index contributed by atoms with van der Waals surface area (Å²) in [5, 5.41) is 2.93. The zero-order chi connectivity index (χ0) is 21.1. The second-order valence-corrected chi connectivity index (χ2v) is 7.59. The molecule has 0 unspecified atom stereocenters. The van der Waals surface area contributed by atoms with Crippen molar-refractivity contribution in [1.82, 2.24) is 10.2 Å². The van der Waals surface area contributed by atoms with Gasteiger partial charge >= 0.3 is 0 Å². The van der Waals surface area contributed by atoms with Gasteiger partial charge in [0.1, 0.15) is 11.8 Å². The molecule has 1 N–H and O–H groups in total. The van der Waals surface area contributed by atoms with Crippen LogP contribution in [0.2, 0.25) is 0 Å². The van der Waals surface area contributed by atoms with Crippen LogP contribution in [0.5, 0.6) is 5.75 Å². The Morgan fingerprint density at radius 3 is 2.21 bits per heavy atom. The smallest absolute Gasteiger partial charge is 0.242 e. The third-order valence-electron chi connectivity index (χ3n) is 4.59. The maximum Gasteiger partial charge on any atom is 0.242 e. The van der Waals surface area contributed by atoms with Crippen molar-refractivity contribution in [3.8, 4) is 5.75 Å². The molecule has 0 aromatic heterocycles. The Balaban J connectivity index is 1.95. The third-order valence-corrected chi connectivity index (χ3v) is 4.59. The van der Waals surface area contributed by atoms with E-state index in [0.717, 1.165) is 11.3 Å². The van der Waals surface area contributed by atoms with Gasteiger partial charge in [0.25, 0.3) is 0 Å². The number of hydrogen-bond donors (Lipinski definition) is 1. The SMILES string of the molecule is CC(C)CNC(=O)[C@H](C)N(Cc1ccccc1)C(=O)CCCOc1ccccc1. The lowest BCUT2D eigenvalue weighted by Crippen LogP contribution is -2.48. The fourth-order valence-corrected chi connectivity index (χ4v) is 2.89. The lowest BCUT2D eigenvalue weighted by molar-refractivity contribution is -0.140. The Hall–Kier alpha value is -2.82. The summed E-state index contributed by atoms with van der Waals surface area (Å²) < 4.78 is 5.68. The lowest BCUT2D eigenvalue weighted by Gasteiger charge is -2.29. The highest BCUT2D eigenvalue weighted by Gasteiger charge is 2.25. The van der Waals surface area contributed by atoms with Gasteiger partial charge in [0, 0.05) is 19.5 Å². The Morgan fingerprint density at radius 2 is 1.59 bits per heavy atom. The molecule has 0 heterocycles. The van der Waals surface area contributed by atoms with Crippen molar-refractivity contribution in [2.45, 2.75) is 46.2 Å². The highest BCUT2D eigenvalue weighted by atomic mass is 16.5. The van der Waals surface area contributed by atoms with Crippen molar-refractivity contribution in [1.29, 1.82) is 0 Å². The molecule has 0 bridgehead atoms. The van der Waals surface area contributed by atoms with Crippen LogP contribution < -0.4 is 10.1 Å². The Morgan fingerprint density at radius 1 is 0.966 bits per heavy atom. The predicted octanol–water partition coefficient (Wildman–Crippen LogP) is 4.04. The maximum absolute atomic E-state index is 12.9. The normalized spacial score (nSPS) is 11.7. The van der Waals surface area contributed by atoms with E-state index in [-0.39, 0.29) is 11.8 Å². The first-order valence-electron chi connectivity index (χ1n) is 10.3. The molecule has 2 amide bonds. The molecule has 156 valence electrons. The van der Waals surface area contributed by atoms with Crippen molar-refractivity contribution < 1.29 is 14.3 Å². The van der Waals surface area contributed by atoms with Crippen LogP contribution in [-0.4, -0.2) is 35.9 Å². The van der Waals surface area contributed by atoms with Crippen LogP contribution in [0.3, 0.4) is 0 Å². The van der Waals surface area contributed by atoms with Crippen LogP contribution in [0, 0.1) is 5.92 Å². The van der Waals surface area contributed by atoms with Crippen LogP contribution in [0.4, 0.5) is 0 Å². The van der Waals surface area contributed by atoms with Crippen LogP contribution in [0.1, 0.15) is 39.2 Å². The van der Waals surface area contributed by atoms with Gasteiger partial charge in [-0.05, 0) is 37.0 Å². The van der Waals surface area contributed by atoms with Crippen LogP contribution in [-0.2, 0) is 16.1 Å². The minimum Gasteiger partial charge on any atom is -0.494 e. The summed E-state index contributed by atoms with van der Waals surface area (Å²) in [7, 11) is 0. The fourth-order valence-electron chi connectivity index (χ4n) is 2.89. The minimum absolute atomic E-state index is 0.0438. The first kappa shape index (κ1) is 22.5. The molecule has 5 nitrogen and oxygen atoms in total.